The highest BCUT2D eigenvalue weighted by molar-refractivity contribution is 5.82. The van der Waals surface area contributed by atoms with Gasteiger partial charge >= 0.3 is 6.18 Å². The van der Waals surface area contributed by atoms with Crippen molar-refractivity contribution in [3.63, 3.8) is 0 Å². The van der Waals surface area contributed by atoms with E-state index in [9.17, 15) is 13.2 Å². The van der Waals surface area contributed by atoms with E-state index in [-0.39, 0.29) is 12.1 Å². The van der Waals surface area contributed by atoms with Gasteiger partial charge in [0, 0.05) is 6.54 Å². The minimum atomic E-state index is -4.39. The second kappa shape index (κ2) is 5.28. The normalized spacial score (nSPS) is 11.8. The Morgan fingerprint density at radius 2 is 1.95 bits per heavy atom. The number of nitrogens with one attached hydrogen (secondary N) is 2. The van der Waals surface area contributed by atoms with Crippen molar-refractivity contribution in [1.29, 1.82) is 0 Å². The van der Waals surface area contributed by atoms with E-state index < -0.39 is 11.7 Å². The molecule has 0 aliphatic carbocycles. The molecule has 0 unspecified atom stereocenters. The first-order valence-electron chi connectivity index (χ1n) is 6.51. The lowest BCUT2D eigenvalue weighted by atomic mass is 10.1. The third kappa shape index (κ3) is 2.72. The van der Waals surface area contributed by atoms with Gasteiger partial charge in [0.1, 0.15) is 17.7 Å². The van der Waals surface area contributed by atoms with Gasteiger partial charge in [-0.2, -0.15) is 13.2 Å². The van der Waals surface area contributed by atoms with Gasteiger partial charge in [-0.3, -0.25) is 0 Å². The van der Waals surface area contributed by atoms with Crippen LogP contribution in [0.4, 0.5) is 19.0 Å². The number of fused-ring (bicyclic) bond motifs is 1. The Labute approximate surface area is 123 Å². The number of aromatic nitrogens is 4. The Morgan fingerprint density at radius 1 is 1.18 bits per heavy atom. The molecule has 0 bridgehead atoms. The zero-order valence-electron chi connectivity index (χ0n) is 11.6. The highest BCUT2D eigenvalue weighted by Crippen LogP contribution is 2.32. The summed E-state index contributed by atoms with van der Waals surface area (Å²) in [6.45, 7) is 1.77. The second-order valence-electron chi connectivity index (χ2n) is 4.75. The summed E-state index contributed by atoms with van der Waals surface area (Å²) in [6, 6.07) is 5.44. The number of halogens is 3. The van der Waals surface area contributed by atoms with E-state index in [1.54, 1.807) is 13.0 Å². The van der Waals surface area contributed by atoms with Gasteiger partial charge in [-0.1, -0.05) is 18.2 Å². The van der Waals surface area contributed by atoms with E-state index in [4.69, 9.17) is 0 Å². The van der Waals surface area contributed by atoms with Crippen molar-refractivity contribution in [3.8, 4) is 0 Å². The Bertz CT molecular complexity index is 810. The minimum absolute atomic E-state index is 0.000135. The average Bonchev–Trinajstić information content (AvgIpc) is 2.85. The maximum atomic E-state index is 13.0. The third-order valence-corrected chi connectivity index (χ3v) is 3.18. The topological polar surface area (TPSA) is 66.5 Å². The molecule has 0 aliphatic rings. The molecule has 0 amide bonds. The molecule has 3 rings (SSSR count). The molecule has 2 heterocycles. The summed E-state index contributed by atoms with van der Waals surface area (Å²) in [5, 5.41) is 2.91. The molecule has 3 aromatic rings. The van der Waals surface area contributed by atoms with Gasteiger partial charge in [0.05, 0.1) is 5.56 Å². The summed E-state index contributed by atoms with van der Waals surface area (Å²) in [4.78, 5) is 15.2. The molecule has 0 fully saturated rings. The fourth-order valence-electron chi connectivity index (χ4n) is 2.21. The first-order valence-corrected chi connectivity index (χ1v) is 6.51. The zero-order valence-corrected chi connectivity index (χ0v) is 11.6. The van der Waals surface area contributed by atoms with Crippen molar-refractivity contribution in [3.05, 3.63) is 47.5 Å². The third-order valence-electron chi connectivity index (χ3n) is 3.18. The maximum absolute atomic E-state index is 13.0. The van der Waals surface area contributed by atoms with Crippen LogP contribution in [0.2, 0.25) is 0 Å². The van der Waals surface area contributed by atoms with Gasteiger partial charge in [0.25, 0.3) is 0 Å². The number of anilines is 1. The van der Waals surface area contributed by atoms with Crippen LogP contribution in [0.25, 0.3) is 11.2 Å². The molecule has 0 atom stereocenters. The number of H-pyrrole nitrogens is 1. The first kappa shape index (κ1) is 14.3. The van der Waals surface area contributed by atoms with Gasteiger partial charge in [-0.05, 0) is 18.6 Å². The van der Waals surface area contributed by atoms with Crippen molar-refractivity contribution in [2.45, 2.75) is 19.6 Å². The average molecular weight is 307 g/mol. The molecular formula is C14H12F3N5. The van der Waals surface area contributed by atoms with Gasteiger partial charge < -0.3 is 10.3 Å². The molecular weight excluding hydrogens is 295 g/mol. The van der Waals surface area contributed by atoms with Crippen molar-refractivity contribution >= 4 is 17.0 Å². The van der Waals surface area contributed by atoms with E-state index in [0.29, 0.717) is 22.8 Å². The Kier molecular flexibility index (Phi) is 3.44. The van der Waals surface area contributed by atoms with Crippen LogP contribution in [0.1, 0.15) is 17.0 Å². The van der Waals surface area contributed by atoms with E-state index in [1.165, 1.54) is 18.5 Å². The number of hydrogen-bond donors (Lipinski definition) is 2. The van der Waals surface area contributed by atoms with Gasteiger partial charge in [0.2, 0.25) is 0 Å². The summed E-state index contributed by atoms with van der Waals surface area (Å²) < 4.78 is 38.9. The SMILES string of the molecule is Cc1nc2ncnc(NCc3ccccc3C(F)(F)F)c2[nH]1. The Hall–Kier alpha value is -2.64. The van der Waals surface area contributed by atoms with Crippen LogP contribution in [-0.4, -0.2) is 19.9 Å². The Balaban J connectivity index is 1.89. The molecule has 0 saturated carbocycles. The van der Waals surface area contributed by atoms with Crippen molar-refractivity contribution < 1.29 is 13.2 Å². The standard InChI is InChI=1S/C14H12F3N5/c1-8-21-11-12(19-7-20-13(11)22-8)18-6-9-4-2-3-5-10(9)14(15,16)17/h2-5,7H,6H2,1H3,(H2,18,19,20,21,22). The number of aromatic amines is 1. The Morgan fingerprint density at radius 3 is 2.73 bits per heavy atom. The molecule has 22 heavy (non-hydrogen) atoms. The lowest BCUT2D eigenvalue weighted by Gasteiger charge is -2.13. The number of imidazole rings is 1. The molecule has 0 aliphatic heterocycles. The fraction of sp³-hybridized carbons (Fsp3) is 0.214. The lowest BCUT2D eigenvalue weighted by Crippen LogP contribution is -2.12. The quantitative estimate of drug-likeness (QED) is 0.779. The van der Waals surface area contributed by atoms with E-state index in [2.05, 4.69) is 25.3 Å². The molecule has 114 valence electrons. The van der Waals surface area contributed by atoms with Crippen LogP contribution in [0.15, 0.2) is 30.6 Å². The van der Waals surface area contributed by atoms with Crippen LogP contribution in [0.3, 0.4) is 0 Å². The zero-order chi connectivity index (χ0) is 15.7. The first-order chi connectivity index (χ1) is 10.4. The minimum Gasteiger partial charge on any atom is -0.364 e. The maximum Gasteiger partial charge on any atom is 0.416 e. The van der Waals surface area contributed by atoms with Gasteiger partial charge in [0.15, 0.2) is 11.5 Å². The number of hydrogen-bond acceptors (Lipinski definition) is 4. The van der Waals surface area contributed by atoms with Crippen molar-refractivity contribution in [1.82, 2.24) is 19.9 Å². The number of benzene rings is 1. The van der Waals surface area contributed by atoms with Crippen molar-refractivity contribution in [2.75, 3.05) is 5.32 Å². The van der Waals surface area contributed by atoms with E-state index in [1.807, 2.05) is 0 Å². The van der Waals surface area contributed by atoms with Crippen LogP contribution in [-0.2, 0) is 12.7 Å². The molecule has 2 aromatic heterocycles. The molecule has 8 heteroatoms. The van der Waals surface area contributed by atoms with Crippen LogP contribution < -0.4 is 5.32 Å². The summed E-state index contributed by atoms with van der Waals surface area (Å²) >= 11 is 0. The molecule has 2 N–H and O–H groups in total. The highest BCUT2D eigenvalue weighted by Gasteiger charge is 2.32. The van der Waals surface area contributed by atoms with E-state index >= 15 is 0 Å². The van der Waals surface area contributed by atoms with Crippen molar-refractivity contribution in [2.24, 2.45) is 0 Å². The number of nitrogens with zero attached hydrogens (tertiary/aromatic N) is 3. The van der Waals surface area contributed by atoms with E-state index in [0.717, 1.165) is 6.07 Å². The van der Waals surface area contributed by atoms with Crippen LogP contribution in [0, 0.1) is 6.92 Å². The summed E-state index contributed by atoms with van der Waals surface area (Å²) in [5.74, 6) is 1.08. The van der Waals surface area contributed by atoms with Crippen LogP contribution >= 0.6 is 0 Å². The summed E-state index contributed by atoms with van der Waals surface area (Å²) in [6.07, 6.45) is -3.07. The summed E-state index contributed by atoms with van der Waals surface area (Å²) in [7, 11) is 0. The van der Waals surface area contributed by atoms with Gasteiger partial charge in [-0.25, -0.2) is 15.0 Å². The second-order valence-corrected chi connectivity index (χ2v) is 4.75. The number of aryl methyl sites for hydroxylation is 1. The molecule has 0 radical (unpaired) electrons. The number of alkyl halides is 3. The lowest BCUT2D eigenvalue weighted by molar-refractivity contribution is -0.138. The highest BCUT2D eigenvalue weighted by atomic mass is 19.4. The smallest absolute Gasteiger partial charge is 0.364 e. The predicted octanol–water partition coefficient (Wildman–Crippen LogP) is 3.29. The van der Waals surface area contributed by atoms with Crippen LogP contribution in [0.5, 0.6) is 0 Å². The molecule has 5 nitrogen and oxygen atoms in total. The molecule has 0 spiro atoms. The van der Waals surface area contributed by atoms with Gasteiger partial charge in [-0.15, -0.1) is 0 Å². The summed E-state index contributed by atoms with van der Waals surface area (Å²) in [5.41, 5.74) is 0.537. The predicted molar refractivity (Wildman–Crippen MR) is 75.2 cm³/mol. The molecule has 0 saturated heterocycles. The number of rotatable bonds is 3. The monoisotopic (exact) mass is 307 g/mol. The fourth-order valence-corrected chi connectivity index (χ4v) is 2.21. The largest absolute Gasteiger partial charge is 0.416 e. The molecule has 1 aromatic carbocycles.